The van der Waals surface area contributed by atoms with Crippen molar-refractivity contribution in [1.29, 1.82) is 0 Å². The van der Waals surface area contributed by atoms with Crippen LogP contribution < -0.4 is 44.9 Å². The fraction of sp³-hybridized carbons (Fsp3) is 0.533. The van der Waals surface area contributed by atoms with E-state index in [1.165, 1.54) is 6.92 Å². The number of rotatable bonds is 11. The Labute approximate surface area is 241 Å². The molecule has 0 amide bonds. The summed E-state index contributed by atoms with van der Waals surface area (Å²) in [4.78, 5) is 69.9. The van der Waals surface area contributed by atoms with Crippen LogP contribution in [0.1, 0.15) is 32.6 Å². The maximum absolute atomic E-state index is 10.3. The van der Waals surface area contributed by atoms with E-state index >= 15 is 0 Å². The van der Waals surface area contributed by atoms with Gasteiger partial charge in [0.15, 0.2) is 5.60 Å². The van der Waals surface area contributed by atoms with Crippen molar-refractivity contribution in [2.75, 3.05) is 0 Å². The number of carboxylic acid groups (broad SMARTS) is 7. The third-order valence-electron chi connectivity index (χ3n) is 2.90. The predicted molar refractivity (Wildman–Crippen MR) is 91.4 cm³/mol. The second kappa shape index (κ2) is 19.7. The molecule has 0 heterocycles. The molecule has 1 atom stereocenters. The molecule has 0 rings (SSSR count). The molecule has 0 bridgehead atoms. The Morgan fingerprint density at radius 1 is 0.706 bits per heavy atom. The molecule has 0 fully saturated rings. The van der Waals surface area contributed by atoms with Gasteiger partial charge >= 0.3 is 91.2 Å². The zero-order valence-corrected chi connectivity index (χ0v) is 22.0. The van der Waals surface area contributed by atoms with Gasteiger partial charge in [0, 0.05) is 24.8 Å². The normalized spacial score (nSPS) is 10.7. The first-order valence-electron chi connectivity index (χ1n) is 7.84. The van der Waals surface area contributed by atoms with Crippen molar-refractivity contribution in [2.45, 2.75) is 49.9 Å². The summed E-state index contributed by atoms with van der Waals surface area (Å²) in [7, 11) is 0. The Morgan fingerprint density at radius 2 is 0.971 bits per heavy atom. The zero-order chi connectivity index (χ0) is 26.4. The molecule has 19 heteroatoms. The summed E-state index contributed by atoms with van der Waals surface area (Å²) in [5.41, 5.74) is -5.71. The minimum atomic E-state index is -2.97. The van der Waals surface area contributed by atoms with Gasteiger partial charge in [-0.15, -0.1) is 0 Å². The summed E-state index contributed by atoms with van der Waals surface area (Å²) in [6.07, 6.45) is -6.24. The van der Waals surface area contributed by atoms with Crippen LogP contribution in [0, 0.1) is 0 Å². The first kappa shape index (κ1) is 42.6. The molecular weight excluding hydrogens is 515 g/mol. The molecule has 17 nitrogen and oxygen atoms in total. The number of aliphatic carboxylic acids is 7. The number of carboxylic acids is 7. The summed E-state index contributed by atoms with van der Waals surface area (Å²) in [5.74, 6) is -12.2. The molecule has 0 aliphatic carbocycles. The van der Waals surface area contributed by atoms with Gasteiger partial charge in [-0.3, -0.25) is 9.59 Å². The van der Waals surface area contributed by atoms with Crippen molar-refractivity contribution >= 4 is 79.5 Å². The maximum atomic E-state index is 10.3. The minimum absolute atomic E-state index is 0. The van der Waals surface area contributed by atoms with Crippen LogP contribution in [0.4, 0.5) is 0 Å². The van der Waals surface area contributed by atoms with Gasteiger partial charge in [0.05, 0.1) is 18.8 Å². The number of aliphatic hydroxyl groups is 3. The fourth-order valence-electron chi connectivity index (χ4n) is 1.40. The molecule has 0 saturated heterocycles. The smallest absolute Gasteiger partial charge is 0.550 e. The molecule has 1 unspecified atom stereocenters. The van der Waals surface area contributed by atoms with E-state index in [2.05, 4.69) is 0 Å². The van der Waals surface area contributed by atoms with Crippen molar-refractivity contribution in [3.8, 4) is 0 Å². The monoisotopic (exact) mass is 534 g/mol. The molecule has 0 aromatic carbocycles. The van der Waals surface area contributed by atoms with Gasteiger partial charge < -0.3 is 65.4 Å². The van der Waals surface area contributed by atoms with Crippen molar-refractivity contribution in [3.63, 3.8) is 0 Å². The summed E-state index contributed by atoms with van der Waals surface area (Å²) in [5, 5.41) is 88.5. The molecule has 0 radical (unpaired) electrons. The first-order chi connectivity index (χ1) is 14.2. The van der Waals surface area contributed by atoms with Crippen LogP contribution in [0.5, 0.6) is 0 Å². The average Bonchev–Trinajstić information content (AvgIpc) is 2.52. The van der Waals surface area contributed by atoms with Gasteiger partial charge in [-0.2, -0.15) is 0 Å². The summed E-state index contributed by atoms with van der Waals surface area (Å²) < 4.78 is 0. The van der Waals surface area contributed by atoms with Crippen molar-refractivity contribution < 1.29 is 114 Å². The van der Waals surface area contributed by atoms with Crippen molar-refractivity contribution in [2.24, 2.45) is 0 Å². The van der Waals surface area contributed by atoms with Gasteiger partial charge in [0.2, 0.25) is 0 Å². The van der Waals surface area contributed by atoms with Gasteiger partial charge in [-0.25, -0.2) is 9.59 Å². The van der Waals surface area contributed by atoms with E-state index in [4.69, 9.17) is 35.7 Å². The summed E-state index contributed by atoms with van der Waals surface area (Å²) >= 11 is 0. The Balaban J connectivity index is -0.000000128. The molecule has 0 spiro atoms. The standard InChI is InChI=1S/2C6H8O7.C3H6O3.Ca.Na/c2*7-3(8)1-6(13,5(11)12)2-4(9)10;1-2(4)3(5)6;;/h2*13H,1-2H2,(H,7,8)(H,9,10)(H,11,12);2,4H,1H3,(H,5,6);;/q;;;+2;+1/p-3. The number of aliphatic hydroxyl groups excluding tert-OH is 1. The molecule has 34 heavy (non-hydrogen) atoms. The average molecular weight is 534 g/mol. The number of carbonyl (C=O) groups excluding carboxylic acids is 3. The van der Waals surface area contributed by atoms with Gasteiger partial charge in [-0.05, 0) is 6.92 Å². The van der Waals surface area contributed by atoms with E-state index in [0.29, 0.717) is 0 Å². The van der Waals surface area contributed by atoms with Gasteiger partial charge in [-0.1, -0.05) is 0 Å². The van der Waals surface area contributed by atoms with E-state index in [0.717, 1.165) is 0 Å². The molecule has 7 N–H and O–H groups in total. The quantitative estimate of drug-likeness (QED) is 0.121. The van der Waals surface area contributed by atoms with Crippen LogP contribution >= 0.6 is 0 Å². The van der Waals surface area contributed by atoms with Crippen molar-refractivity contribution in [3.05, 3.63) is 0 Å². The van der Waals surface area contributed by atoms with Gasteiger partial charge in [0.25, 0.3) is 0 Å². The Bertz CT molecular complexity index is 650. The predicted octanol–water partition coefficient (Wildman–Crippen LogP) is -10.4. The molecule has 0 aliphatic rings. The summed E-state index contributed by atoms with van der Waals surface area (Å²) in [6.45, 7) is 1.20. The Kier molecular flexibility index (Phi) is 24.7. The Morgan fingerprint density at radius 3 is 1.09 bits per heavy atom. The molecule has 0 aliphatic heterocycles. The van der Waals surface area contributed by atoms with Crippen LogP contribution in [0.15, 0.2) is 0 Å². The second-order valence-corrected chi connectivity index (χ2v) is 5.91. The SMILES string of the molecule is CC(O)C(=O)O.O=C(O)CC(O)(CC(=O)O)C(=O)O.O=C([O-])CC(O)(CC(=O)[O-])C(=O)[O-].[Ca+2].[Na+]. The third kappa shape index (κ3) is 22.2. The van der Waals surface area contributed by atoms with Crippen LogP contribution in [-0.2, 0) is 33.6 Å². The summed E-state index contributed by atoms with van der Waals surface area (Å²) in [6, 6.07) is 0. The van der Waals surface area contributed by atoms with Crippen LogP contribution in [0.3, 0.4) is 0 Å². The molecule has 0 aromatic heterocycles. The number of hydrogen-bond donors (Lipinski definition) is 7. The fourth-order valence-corrected chi connectivity index (χ4v) is 1.40. The van der Waals surface area contributed by atoms with E-state index in [9.17, 15) is 48.9 Å². The van der Waals surface area contributed by atoms with Crippen LogP contribution in [0.25, 0.3) is 0 Å². The second-order valence-electron chi connectivity index (χ2n) is 5.91. The van der Waals surface area contributed by atoms with Gasteiger partial charge in [0.1, 0.15) is 11.7 Å². The zero-order valence-electron chi connectivity index (χ0n) is 17.8. The van der Waals surface area contributed by atoms with Crippen LogP contribution in [0.2, 0.25) is 0 Å². The molecule has 184 valence electrons. The largest absolute Gasteiger partial charge is 2.00 e. The van der Waals surface area contributed by atoms with E-state index in [1.54, 1.807) is 0 Å². The molecule has 0 aromatic rings. The maximum Gasteiger partial charge on any atom is 2.00 e. The minimum Gasteiger partial charge on any atom is -0.550 e. The van der Waals surface area contributed by atoms with E-state index in [-0.39, 0.29) is 67.3 Å². The molecular formula is C15H19CaNaO17. The first-order valence-corrected chi connectivity index (χ1v) is 7.84. The molecule has 0 saturated carbocycles. The Hall–Kier alpha value is -1.57. The van der Waals surface area contributed by atoms with E-state index in [1.807, 2.05) is 0 Å². The van der Waals surface area contributed by atoms with E-state index < -0.39 is 84.8 Å². The topological polar surface area (TPSA) is 330 Å². The third-order valence-corrected chi connectivity index (χ3v) is 2.90. The number of carbonyl (C=O) groups is 7. The number of hydrogen-bond acceptors (Lipinski definition) is 13. The van der Waals surface area contributed by atoms with Crippen LogP contribution in [-0.4, -0.2) is 133 Å². The van der Waals surface area contributed by atoms with Crippen molar-refractivity contribution in [1.82, 2.24) is 0 Å².